The molecule has 0 unspecified atom stereocenters. The molecule has 172 valence electrons. The van der Waals surface area contributed by atoms with Gasteiger partial charge in [-0.2, -0.15) is 0 Å². The summed E-state index contributed by atoms with van der Waals surface area (Å²) in [6.07, 6.45) is 0. The van der Waals surface area contributed by atoms with Crippen LogP contribution in [0.25, 0.3) is 0 Å². The number of benzene rings is 3. The van der Waals surface area contributed by atoms with Crippen LogP contribution in [0.2, 0.25) is 5.02 Å². The maximum absolute atomic E-state index is 13.0. The SMILES string of the molecule is CCOc1ccc(N2C(=O)C(Cl)=C(Nc3cccc(C(=O)Nc4ccccc4Cl)c3)C2=O)cc1. The van der Waals surface area contributed by atoms with Gasteiger partial charge in [0.25, 0.3) is 17.7 Å². The van der Waals surface area contributed by atoms with E-state index in [2.05, 4.69) is 10.6 Å². The van der Waals surface area contributed by atoms with Crippen molar-refractivity contribution in [2.75, 3.05) is 22.1 Å². The number of halogens is 2. The third-order valence-electron chi connectivity index (χ3n) is 4.95. The van der Waals surface area contributed by atoms with E-state index in [-0.39, 0.29) is 16.6 Å². The Morgan fingerprint density at radius 2 is 1.68 bits per heavy atom. The van der Waals surface area contributed by atoms with Crippen LogP contribution in [-0.4, -0.2) is 24.3 Å². The monoisotopic (exact) mass is 495 g/mol. The molecule has 0 aliphatic carbocycles. The van der Waals surface area contributed by atoms with E-state index in [9.17, 15) is 14.4 Å². The fourth-order valence-corrected chi connectivity index (χ4v) is 3.74. The maximum atomic E-state index is 13.0. The quantitative estimate of drug-likeness (QED) is 0.426. The number of hydrogen-bond acceptors (Lipinski definition) is 5. The predicted molar refractivity (Wildman–Crippen MR) is 132 cm³/mol. The summed E-state index contributed by atoms with van der Waals surface area (Å²) in [7, 11) is 0. The Kier molecular flexibility index (Phi) is 6.86. The molecule has 0 fully saturated rings. The van der Waals surface area contributed by atoms with E-state index in [1.165, 1.54) is 0 Å². The minimum absolute atomic E-state index is 0.0794. The second-order valence-corrected chi connectivity index (χ2v) is 7.99. The molecule has 1 heterocycles. The first-order chi connectivity index (χ1) is 16.4. The molecule has 3 amide bonds. The molecule has 0 atom stereocenters. The second kappa shape index (κ2) is 9.99. The zero-order valence-electron chi connectivity index (χ0n) is 18.0. The summed E-state index contributed by atoms with van der Waals surface area (Å²) in [5.41, 5.74) is 1.49. The van der Waals surface area contributed by atoms with Gasteiger partial charge in [-0.1, -0.05) is 41.4 Å². The van der Waals surface area contributed by atoms with E-state index in [0.29, 0.717) is 40.0 Å². The molecular weight excluding hydrogens is 477 g/mol. The average molecular weight is 496 g/mol. The topological polar surface area (TPSA) is 87.7 Å². The Hall–Kier alpha value is -3.81. The van der Waals surface area contributed by atoms with Gasteiger partial charge in [-0.15, -0.1) is 0 Å². The number of carbonyl (C=O) groups excluding carboxylic acids is 3. The minimum atomic E-state index is -0.647. The lowest BCUT2D eigenvalue weighted by Gasteiger charge is -2.16. The number of rotatable bonds is 7. The van der Waals surface area contributed by atoms with Crippen molar-refractivity contribution in [3.05, 3.63) is 94.1 Å². The molecular formula is C25H19Cl2N3O4. The van der Waals surface area contributed by atoms with Crippen LogP contribution in [0, 0.1) is 0 Å². The average Bonchev–Trinajstić information content (AvgIpc) is 3.04. The smallest absolute Gasteiger partial charge is 0.283 e. The van der Waals surface area contributed by atoms with E-state index in [0.717, 1.165) is 4.90 Å². The molecule has 7 nitrogen and oxygen atoms in total. The highest BCUT2D eigenvalue weighted by molar-refractivity contribution is 6.53. The van der Waals surface area contributed by atoms with Gasteiger partial charge in [-0.05, 0) is 61.5 Å². The third-order valence-corrected chi connectivity index (χ3v) is 5.63. The van der Waals surface area contributed by atoms with Crippen LogP contribution in [0.15, 0.2) is 83.5 Å². The van der Waals surface area contributed by atoms with Crippen molar-refractivity contribution < 1.29 is 19.1 Å². The molecule has 4 rings (SSSR count). The Morgan fingerprint density at radius 3 is 2.38 bits per heavy atom. The summed E-state index contributed by atoms with van der Waals surface area (Å²) >= 11 is 12.3. The van der Waals surface area contributed by atoms with Crippen molar-refractivity contribution >= 4 is 58.0 Å². The Balaban J connectivity index is 1.52. The summed E-state index contributed by atoms with van der Waals surface area (Å²) in [4.78, 5) is 39.4. The lowest BCUT2D eigenvalue weighted by molar-refractivity contribution is -0.120. The molecule has 0 spiro atoms. The number of nitrogens with one attached hydrogen (secondary N) is 2. The van der Waals surface area contributed by atoms with E-state index in [1.54, 1.807) is 72.8 Å². The van der Waals surface area contributed by atoms with Crippen LogP contribution in [0.5, 0.6) is 5.75 Å². The van der Waals surface area contributed by atoms with E-state index in [1.807, 2.05) is 6.92 Å². The molecule has 34 heavy (non-hydrogen) atoms. The first-order valence-corrected chi connectivity index (χ1v) is 11.1. The molecule has 9 heteroatoms. The van der Waals surface area contributed by atoms with Crippen LogP contribution >= 0.6 is 23.2 Å². The highest BCUT2D eigenvalue weighted by atomic mass is 35.5. The van der Waals surface area contributed by atoms with Gasteiger partial charge in [0, 0.05) is 11.3 Å². The molecule has 2 N–H and O–H groups in total. The highest BCUT2D eigenvalue weighted by Gasteiger charge is 2.39. The van der Waals surface area contributed by atoms with Crippen LogP contribution in [-0.2, 0) is 9.59 Å². The first kappa shape index (κ1) is 23.4. The van der Waals surface area contributed by atoms with Crippen LogP contribution in [0.4, 0.5) is 17.1 Å². The molecule has 3 aromatic carbocycles. The number of imide groups is 1. The summed E-state index contributed by atoms with van der Waals surface area (Å²) in [6.45, 7) is 2.36. The Labute approximate surface area is 205 Å². The number of hydrogen-bond donors (Lipinski definition) is 2. The number of nitrogens with zero attached hydrogens (tertiary/aromatic N) is 1. The van der Waals surface area contributed by atoms with Gasteiger partial charge in [-0.3, -0.25) is 14.4 Å². The Bertz CT molecular complexity index is 1310. The van der Waals surface area contributed by atoms with Crippen molar-refractivity contribution in [1.82, 2.24) is 0 Å². The molecule has 3 aromatic rings. The fraction of sp³-hybridized carbons (Fsp3) is 0.0800. The zero-order valence-corrected chi connectivity index (χ0v) is 19.5. The highest BCUT2D eigenvalue weighted by Crippen LogP contribution is 2.31. The van der Waals surface area contributed by atoms with Gasteiger partial charge < -0.3 is 15.4 Å². The molecule has 1 aliphatic rings. The van der Waals surface area contributed by atoms with Crippen molar-refractivity contribution in [3.63, 3.8) is 0 Å². The second-order valence-electron chi connectivity index (χ2n) is 7.20. The lowest BCUT2D eigenvalue weighted by atomic mass is 10.1. The molecule has 1 aliphatic heterocycles. The van der Waals surface area contributed by atoms with Crippen molar-refractivity contribution in [2.24, 2.45) is 0 Å². The number of para-hydroxylation sites is 1. The van der Waals surface area contributed by atoms with Crippen LogP contribution in [0.1, 0.15) is 17.3 Å². The van der Waals surface area contributed by atoms with E-state index in [4.69, 9.17) is 27.9 Å². The standard InChI is InChI=1S/C25H19Cl2N3O4/c1-2-34-18-12-10-17(11-13-18)30-24(32)21(27)22(25(30)33)28-16-7-5-6-15(14-16)23(31)29-20-9-4-3-8-19(20)26/h3-14,28H,2H2,1H3,(H,29,31). The van der Waals surface area contributed by atoms with Gasteiger partial charge >= 0.3 is 0 Å². The summed E-state index contributed by atoms with van der Waals surface area (Å²) in [5, 5.41) is 5.78. The first-order valence-electron chi connectivity index (χ1n) is 10.3. The molecule has 0 radical (unpaired) electrons. The normalized spacial score (nSPS) is 13.3. The van der Waals surface area contributed by atoms with Gasteiger partial charge in [0.1, 0.15) is 16.5 Å². The van der Waals surface area contributed by atoms with Crippen molar-refractivity contribution in [3.8, 4) is 5.75 Å². The fourth-order valence-electron chi connectivity index (χ4n) is 3.34. The largest absolute Gasteiger partial charge is 0.494 e. The molecule has 0 aromatic heterocycles. The number of amides is 3. The maximum Gasteiger partial charge on any atom is 0.283 e. The van der Waals surface area contributed by atoms with Gasteiger partial charge in [0.05, 0.1) is 23.0 Å². The molecule has 0 saturated heterocycles. The predicted octanol–water partition coefficient (Wildman–Crippen LogP) is 5.43. The summed E-state index contributed by atoms with van der Waals surface area (Å²) < 4.78 is 5.40. The lowest BCUT2D eigenvalue weighted by Crippen LogP contribution is -2.32. The number of carbonyl (C=O) groups is 3. The van der Waals surface area contributed by atoms with Gasteiger partial charge in [0.15, 0.2) is 0 Å². The third kappa shape index (κ3) is 4.76. The number of anilines is 3. The summed E-state index contributed by atoms with van der Waals surface area (Å²) in [5.74, 6) is -1.02. The molecule has 0 saturated carbocycles. The zero-order chi connectivity index (χ0) is 24.2. The van der Waals surface area contributed by atoms with Crippen LogP contribution in [0.3, 0.4) is 0 Å². The van der Waals surface area contributed by atoms with Crippen LogP contribution < -0.4 is 20.3 Å². The Morgan fingerprint density at radius 1 is 0.941 bits per heavy atom. The minimum Gasteiger partial charge on any atom is -0.494 e. The molecule has 0 bridgehead atoms. The van der Waals surface area contributed by atoms with E-state index >= 15 is 0 Å². The van der Waals surface area contributed by atoms with E-state index < -0.39 is 11.8 Å². The van der Waals surface area contributed by atoms with Gasteiger partial charge in [0.2, 0.25) is 0 Å². The summed E-state index contributed by atoms with van der Waals surface area (Å²) in [6, 6.07) is 19.9. The number of ether oxygens (including phenoxy) is 1. The van der Waals surface area contributed by atoms with Crippen molar-refractivity contribution in [1.29, 1.82) is 0 Å². The van der Waals surface area contributed by atoms with Crippen molar-refractivity contribution in [2.45, 2.75) is 6.92 Å². The van der Waals surface area contributed by atoms with Gasteiger partial charge in [-0.25, -0.2) is 4.90 Å².